The molecule has 0 saturated heterocycles. The third kappa shape index (κ3) is 5.67. The molecule has 0 unspecified atom stereocenters. The van der Waals surface area contributed by atoms with E-state index in [-0.39, 0.29) is 19.0 Å². The molecule has 142 valence electrons. The predicted octanol–water partition coefficient (Wildman–Crippen LogP) is 4.20. The van der Waals surface area contributed by atoms with Gasteiger partial charge in [-0.15, -0.1) is 0 Å². The fourth-order valence-electron chi connectivity index (χ4n) is 2.35. The van der Waals surface area contributed by atoms with Gasteiger partial charge in [-0.2, -0.15) is 0 Å². The lowest BCUT2D eigenvalue weighted by molar-refractivity contribution is -0.147. The molecule has 1 heterocycles. The average molecular weight is 377 g/mol. The van der Waals surface area contributed by atoms with Gasteiger partial charge in [0.2, 0.25) is 0 Å². The van der Waals surface area contributed by atoms with Crippen molar-refractivity contribution in [2.45, 2.75) is 13.5 Å². The Morgan fingerprint density at radius 3 is 2.43 bits per heavy atom. The highest BCUT2D eigenvalue weighted by molar-refractivity contribution is 5.94. The maximum Gasteiger partial charge on any atom is 0.344 e. The van der Waals surface area contributed by atoms with Crippen LogP contribution in [0.1, 0.15) is 22.8 Å². The summed E-state index contributed by atoms with van der Waals surface area (Å²) in [4.78, 5) is 27.2. The minimum atomic E-state index is -0.496. The quantitative estimate of drug-likeness (QED) is 0.433. The van der Waals surface area contributed by atoms with E-state index in [1.165, 1.54) is 6.92 Å². The van der Waals surface area contributed by atoms with E-state index >= 15 is 0 Å². The molecule has 0 amide bonds. The molecule has 0 atom stereocenters. The lowest BCUT2D eigenvalue weighted by Crippen LogP contribution is -2.14. The first-order valence-corrected chi connectivity index (χ1v) is 8.66. The highest BCUT2D eigenvalue weighted by Crippen LogP contribution is 2.20. The standard InChI is InChI=1S/C22H19NO5/c1-16(24)18-4-2-5-20(12-18)26-15-22(25)27-14-17-7-9-19(10-8-17)28-21-6-3-11-23-13-21/h2-13H,14-15H2,1H3. The van der Waals surface area contributed by atoms with E-state index < -0.39 is 5.97 Å². The molecule has 0 radical (unpaired) electrons. The summed E-state index contributed by atoms with van der Waals surface area (Å²) in [6, 6.07) is 17.5. The Labute approximate surface area is 162 Å². The summed E-state index contributed by atoms with van der Waals surface area (Å²) in [6.07, 6.45) is 3.30. The van der Waals surface area contributed by atoms with Crippen LogP contribution in [0.3, 0.4) is 0 Å². The zero-order chi connectivity index (χ0) is 19.8. The smallest absolute Gasteiger partial charge is 0.344 e. The van der Waals surface area contributed by atoms with Crippen LogP contribution in [0.15, 0.2) is 73.1 Å². The Hall–Kier alpha value is -3.67. The van der Waals surface area contributed by atoms with E-state index in [0.717, 1.165) is 5.56 Å². The molecule has 0 fully saturated rings. The Morgan fingerprint density at radius 2 is 1.71 bits per heavy atom. The maximum absolute atomic E-state index is 11.9. The first-order valence-electron chi connectivity index (χ1n) is 8.66. The Bertz CT molecular complexity index is 939. The second kappa shape index (κ2) is 9.32. The van der Waals surface area contributed by atoms with Crippen molar-refractivity contribution in [3.8, 4) is 17.2 Å². The SMILES string of the molecule is CC(=O)c1cccc(OCC(=O)OCc2ccc(Oc3cccnc3)cc2)c1. The third-order valence-electron chi connectivity index (χ3n) is 3.79. The van der Waals surface area contributed by atoms with Crippen LogP contribution in [-0.4, -0.2) is 23.3 Å². The summed E-state index contributed by atoms with van der Waals surface area (Å²) in [7, 11) is 0. The molecule has 6 heteroatoms. The highest BCUT2D eigenvalue weighted by atomic mass is 16.6. The van der Waals surface area contributed by atoms with Gasteiger partial charge in [0.1, 0.15) is 23.9 Å². The lowest BCUT2D eigenvalue weighted by atomic mass is 10.1. The molecule has 1 aromatic heterocycles. The van der Waals surface area contributed by atoms with Crippen LogP contribution in [0.25, 0.3) is 0 Å². The minimum absolute atomic E-state index is 0.0658. The molecular weight excluding hydrogens is 358 g/mol. The number of ketones is 1. The van der Waals surface area contributed by atoms with Gasteiger partial charge in [-0.1, -0.05) is 24.3 Å². The number of aromatic nitrogens is 1. The van der Waals surface area contributed by atoms with E-state index in [1.807, 2.05) is 18.2 Å². The van der Waals surface area contributed by atoms with Gasteiger partial charge in [0, 0.05) is 11.8 Å². The van der Waals surface area contributed by atoms with Gasteiger partial charge in [0.15, 0.2) is 12.4 Å². The number of esters is 1. The lowest BCUT2D eigenvalue weighted by Gasteiger charge is -2.09. The van der Waals surface area contributed by atoms with Crippen molar-refractivity contribution in [1.82, 2.24) is 4.98 Å². The number of hydrogen-bond donors (Lipinski definition) is 0. The molecule has 0 spiro atoms. The second-order valence-electron chi connectivity index (χ2n) is 5.97. The number of nitrogens with zero attached hydrogens (tertiary/aromatic N) is 1. The number of ether oxygens (including phenoxy) is 3. The monoisotopic (exact) mass is 377 g/mol. The minimum Gasteiger partial charge on any atom is -0.482 e. The van der Waals surface area contributed by atoms with Crippen molar-refractivity contribution in [3.63, 3.8) is 0 Å². The van der Waals surface area contributed by atoms with Crippen molar-refractivity contribution < 1.29 is 23.8 Å². The molecule has 2 aromatic carbocycles. The molecule has 28 heavy (non-hydrogen) atoms. The van der Waals surface area contributed by atoms with E-state index in [2.05, 4.69) is 4.98 Å². The molecule has 3 aromatic rings. The van der Waals surface area contributed by atoms with Crippen LogP contribution in [-0.2, 0) is 16.1 Å². The van der Waals surface area contributed by atoms with Crippen LogP contribution in [0, 0.1) is 0 Å². The zero-order valence-corrected chi connectivity index (χ0v) is 15.3. The summed E-state index contributed by atoms with van der Waals surface area (Å²) >= 11 is 0. The Balaban J connectivity index is 1.45. The number of Topliss-reactive ketones (excluding diaryl/α,β-unsaturated/α-hetero) is 1. The summed E-state index contributed by atoms with van der Waals surface area (Å²) in [5.74, 6) is 1.19. The second-order valence-corrected chi connectivity index (χ2v) is 5.97. The largest absolute Gasteiger partial charge is 0.482 e. The van der Waals surface area contributed by atoms with Crippen molar-refractivity contribution in [3.05, 3.63) is 84.2 Å². The van der Waals surface area contributed by atoms with Gasteiger partial charge in [-0.25, -0.2) is 4.79 Å². The van der Waals surface area contributed by atoms with Crippen LogP contribution in [0.5, 0.6) is 17.2 Å². The topological polar surface area (TPSA) is 74.7 Å². The summed E-state index contributed by atoms with van der Waals surface area (Å²) < 4.78 is 16.2. The van der Waals surface area contributed by atoms with Gasteiger partial charge in [-0.05, 0) is 48.9 Å². The predicted molar refractivity (Wildman–Crippen MR) is 102 cm³/mol. The zero-order valence-electron chi connectivity index (χ0n) is 15.3. The third-order valence-corrected chi connectivity index (χ3v) is 3.79. The van der Waals surface area contributed by atoms with Gasteiger partial charge in [0.05, 0.1) is 6.20 Å². The van der Waals surface area contributed by atoms with Gasteiger partial charge < -0.3 is 14.2 Å². The molecule has 0 bridgehead atoms. The fourth-order valence-corrected chi connectivity index (χ4v) is 2.35. The highest BCUT2D eigenvalue weighted by Gasteiger charge is 2.07. The van der Waals surface area contributed by atoms with Crippen molar-refractivity contribution in [2.75, 3.05) is 6.61 Å². The van der Waals surface area contributed by atoms with Crippen molar-refractivity contribution >= 4 is 11.8 Å². The molecular formula is C22H19NO5. The first-order chi connectivity index (χ1) is 13.6. The van der Waals surface area contributed by atoms with Crippen molar-refractivity contribution in [2.24, 2.45) is 0 Å². The maximum atomic E-state index is 11.9. The van der Waals surface area contributed by atoms with Gasteiger partial charge in [0.25, 0.3) is 0 Å². The van der Waals surface area contributed by atoms with E-state index in [4.69, 9.17) is 14.2 Å². The number of hydrogen-bond acceptors (Lipinski definition) is 6. The number of carbonyl (C=O) groups excluding carboxylic acids is 2. The average Bonchev–Trinajstić information content (AvgIpc) is 2.73. The van der Waals surface area contributed by atoms with Crippen LogP contribution < -0.4 is 9.47 Å². The molecule has 0 aliphatic carbocycles. The molecule has 0 aliphatic rings. The Morgan fingerprint density at radius 1 is 0.929 bits per heavy atom. The van der Waals surface area contributed by atoms with Crippen LogP contribution >= 0.6 is 0 Å². The normalized spacial score (nSPS) is 10.2. The van der Waals surface area contributed by atoms with E-state index in [1.54, 1.807) is 54.9 Å². The Kier molecular flexibility index (Phi) is 6.36. The number of benzene rings is 2. The van der Waals surface area contributed by atoms with E-state index in [9.17, 15) is 9.59 Å². The van der Waals surface area contributed by atoms with Crippen LogP contribution in [0.4, 0.5) is 0 Å². The number of pyridine rings is 1. The molecule has 0 aliphatic heterocycles. The van der Waals surface area contributed by atoms with E-state index in [0.29, 0.717) is 22.8 Å². The summed E-state index contributed by atoms with van der Waals surface area (Å²) in [5.41, 5.74) is 1.35. The number of carbonyl (C=O) groups is 2. The van der Waals surface area contributed by atoms with Gasteiger partial charge >= 0.3 is 5.97 Å². The fraction of sp³-hybridized carbons (Fsp3) is 0.136. The summed E-state index contributed by atoms with van der Waals surface area (Å²) in [6.45, 7) is 1.37. The molecule has 0 saturated carbocycles. The summed E-state index contributed by atoms with van der Waals surface area (Å²) in [5, 5.41) is 0. The van der Waals surface area contributed by atoms with Crippen LogP contribution in [0.2, 0.25) is 0 Å². The molecule has 3 rings (SSSR count). The number of rotatable bonds is 8. The van der Waals surface area contributed by atoms with Crippen molar-refractivity contribution in [1.29, 1.82) is 0 Å². The van der Waals surface area contributed by atoms with Gasteiger partial charge in [-0.3, -0.25) is 9.78 Å². The molecule has 6 nitrogen and oxygen atoms in total. The molecule has 0 N–H and O–H groups in total. The first kappa shape index (κ1) is 19.1.